The second-order valence-corrected chi connectivity index (χ2v) is 4.79. The Labute approximate surface area is 125 Å². The Kier molecular flexibility index (Phi) is 4.77. The number of hydrogen-bond acceptors (Lipinski definition) is 1. The van der Waals surface area contributed by atoms with Crippen molar-refractivity contribution < 1.29 is 9.18 Å². The summed E-state index contributed by atoms with van der Waals surface area (Å²) in [7, 11) is 0. The van der Waals surface area contributed by atoms with Gasteiger partial charge in [0.2, 0.25) is 5.91 Å². The standard InChI is InChI=1S/C15H10Cl2FNO/c16-11-7-5-10(9-12(11)17)6-8-15(20)19-14-4-2-1-3-13(14)18/h1-9H,(H,19,20)/b8-6+. The fourth-order valence-corrected chi connectivity index (χ4v) is 1.83. The van der Waals surface area contributed by atoms with Crippen molar-refractivity contribution in [2.75, 3.05) is 5.32 Å². The fourth-order valence-electron chi connectivity index (χ4n) is 1.52. The lowest BCUT2D eigenvalue weighted by molar-refractivity contribution is -0.111. The van der Waals surface area contributed by atoms with Gasteiger partial charge in [0, 0.05) is 6.08 Å². The quantitative estimate of drug-likeness (QED) is 0.812. The molecule has 0 saturated carbocycles. The number of rotatable bonds is 3. The molecule has 0 aliphatic heterocycles. The molecule has 1 amide bonds. The molecule has 0 aliphatic carbocycles. The van der Waals surface area contributed by atoms with Gasteiger partial charge in [0.05, 0.1) is 15.7 Å². The van der Waals surface area contributed by atoms with Crippen LogP contribution in [0.3, 0.4) is 0 Å². The van der Waals surface area contributed by atoms with Crippen molar-refractivity contribution in [1.82, 2.24) is 0 Å². The molecule has 102 valence electrons. The predicted octanol–water partition coefficient (Wildman–Crippen LogP) is 4.78. The molecule has 20 heavy (non-hydrogen) atoms. The Hall–Kier alpha value is -1.84. The first-order valence-corrected chi connectivity index (χ1v) is 6.50. The predicted molar refractivity (Wildman–Crippen MR) is 80.5 cm³/mol. The SMILES string of the molecule is O=C(/C=C/c1ccc(Cl)c(Cl)c1)Nc1ccccc1F. The molecule has 0 atom stereocenters. The smallest absolute Gasteiger partial charge is 0.248 e. The van der Waals surface area contributed by atoms with E-state index in [-0.39, 0.29) is 5.69 Å². The zero-order valence-corrected chi connectivity index (χ0v) is 11.8. The summed E-state index contributed by atoms with van der Waals surface area (Å²) in [6.45, 7) is 0. The van der Waals surface area contributed by atoms with Crippen LogP contribution in [0.5, 0.6) is 0 Å². The van der Waals surface area contributed by atoms with E-state index >= 15 is 0 Å². The van der Waals surface area contributed by atoms with Gasteiger partial charge >= 0.3 is 0 Å². The molecule has 0 bridgehead atoms. The van der Waals surface area contributed by atoms with E-state index < -0.39 is 11.7 Å². The van der Waals surface area contributed by atoms with E-state index in [4.69, 9.17) is 23.2 Å². The molecule has 2 nitrogen and oxygen atoms in total. The number of nitrogens with one attached hydrogen (secondary N) is 1. The molecule has 0 aliphatic rings. The molecule has 2 aromatic carbocycles. The zero-order chi connectivity index (χ0) is 14.5. The van der Waals surface area contributed by atoms with Crippen LogP contribution < -0.4 is 5.32 Å². The van der Waals surface area contributed by atoms with E-state index in [2.05, 4.69) is 5.32 Å². The van der Waals surface area contributed by atoms with Gasteiger partial charge in [-0.15, -0.1) is 0 Å². The van der Waals surface area contributed by atoms with Gasteiger partial charge in [0.15, 0.2) is 0 Å². The molecule has 0 radical (unpaired) electrons. The highest BCUT2D eigenvalue weighted by atomic mass is 35.5. The summed E-state index contributed by atoms with van der Waals surface area (Å²) >= 11 is 11.7. The monoisotopic (exact) mass is 309 g/mol. The van der Waals surface area contributed by atoms with Crippen LogP contribution in [0.25, 0.3) is 6.08 Å². The van der Waals surface area contributed by atoms with Crippen LogP contribution in [-0.2, 0) is 4.79 Å². The van der Waals surface area contributed by atoms with Crippen molar-refractivity contribution in [2.24, 2.45) is 0 Å². The lowest BCUT2D eigenvalue weighted by atomic mass is 10.2. The number of amides is 1. The summed E-state index contributed by atoms with van der Waals surface area (Å²) in [6, 6.07) is 11.0. The van der Waals surface area contributed by atoms with Gasteiger partial charge in [-0.25, -0.2) is 4.39 Å². The number of halogens is 3. The Morgan fingerprint density at radius 3 is 2.55 bits per heavy atom. The molecule has 0 saturated heterocycles. The van der Waals surface area contributed by atoms with Crippen LogP contribution in [0, 0.1) is 5.82 Å². The Morgan fingerprint density at radius 2 is 1.85 bits per heavy atom. The third kappa shape index (κ3) is 3.83. The van der Waals surface area contributed by atoms with Crippen molar-refractivity contribution >= 4 is 40.9 Å². The van der Waals surface area contributed by atoms with Crippen molar-refractivity contribution in [3.8, 4) is 0 Å². The van der Waals surface area contributed by atoms with E-state index in [1.165, 1.54) is 18.2 Å². The number of carbonyl (C=O) groups is 1. The van der Waals surface area contributed by atoms with Crippen LogP contribution in [0.2, 0.25) is 10.0 Å². The highest BCUT2D eigenvalue weighted by molar-refractivity contribution is 6.42. The molecule has 2 rings (SSSR count). The van der Waals surface area contributed by atoms with Crippen molar-refractivity contribution in [1.29, 1.82) is 0 Å². The van der Waals surface area contributed by atoms with Crippen molar-refractivity contribution in [3.05, 3.63) is 70.0 Å². The highest BCUT2D eigenvalue weighted by Crippen LogP contribution is 2.23. The third-order valence-electron chi connectivity index (χ3n) is 2.50. The van der Waals surface area contributed by atoms with Crippen LogP contribution in [0.1, 0.15) is 5.56 Å². The average molecular weight is 310 g/mol. The minimum absolute atomic E-state index is 0.135. The first-order chi connectivity index (χ1) is 9.56. The van der Waals surface area contributed by atoms with Crippen molar-refractivity contribution in [2.45, 2.75) is 0 Å². The number of para-hydroxylation sites is 1. The topological polar surface area (TPSA) is 29.1 Å². The minimum atomic E-state index is -0.483. The second kappa shape index (κ2) is 6.55. The molecule has 0 fully saturated rings. The normalized spacial score (nSPS) is 10.8. The van der Waals surface area contributed by atoms with Crippen LogP contribution in [0.4, 0.5) is 10.1 Å². The minimum Gasteiger partial charge on any atom is -0.320 e. The summed E-state index contributed by atoms with van der Waals surface area (Å²) in [6.07, 6.45) is 2.87. The Bertz CT molecular complexity index is 671. The molecule has 0 unspecified atom stereocenters. The average Bonchev–Trinajstić information content (AvgIpc) is 2.43. The van der Waals surface area contributed by atoms with E-state index in [0.29, 0.717) is 10.0 Å². The summed E-state index contributed by atoms with van der Waals surface area (Å²) in [4.78, 5) is 11.7. The largest absolute Gasteiger partial charge is 0.320 e. The summed E-state index contributed by atoms with van der Waals surface area (Å²) in [5.41, 5.74) is 0.861. The maximum atomic E-state index is 13.3. The highest BCUT2D eigenvalue weighted by Gasteiger charge is 2.03. The van der Waals surface area contributed by atoms with Gasteiger partial charge in [-0.3, -0.25) is 4.79 Å². The zero-order valence-electron chi connectivity index (χ0n) is 10.2. The Morgan fingerprint density at radius 1 is 1.10 bits per heavy atom. The number of hydrogen-bond donors (Lipinski definition) is 1. The summed E-state index contributed by atoms with van der Waals surface area (Å²) in [5.74, 6) is -0.912. The molecule has 2 aromatic rings. The fraction of sp³-hybridized carbons (Fsp3) is 0. The van der Waals surface area contributed by atoms with Gasteiger partial charge in [0.1, 0.15) is 5.82 Å². The summed E-state index contributed by atoms with van der Waals surface area (Å²) < 4.78 is 13.3. The van der Waals surface area contributed by atoms with Gasteiger partial charge in [-0.05, 0) is 35.9 Å². The van der Waals surface area contributed by atoms with Crippen LogP contribution in [0.15, 0.2) is 48.5 Å². The maximum absolute atomic E-state index is 13.3. The van der Waals surface area contributed by atoms with E-state index in [0.717, 1.165) is 5.56 Å². The number of anilines is 1. The Balaban J connectivity index is 2.06. The van der Waals surface area contributed by atoms with Gasteiger partial charge < -0.3 is 5.32 Å². The molecule has 5 heteroatoms. The maximum Gasteiger partial charge on any atom is 0.248 e. The van der Waals surface area contributed by atoms with Gasteiger partial charge in [-0.1, -0.05) is 41.4 Å². The molecule has 1 N–H and O–H groups in total. The third-order valence-corrected chi connectivity index (χ3v) is 3.24. The van der Waals surface area contributed by atoms with E-state index in [1.807, 2.05) is 0 Å². The molecule has 0 spiro atoms. The molecule has 0 aromatic heterocycles. The molecular weight excluding hydrogens is 300 g/mol. The van der Waals surface area contributed by atoms with E-state index in [9.17, 15) is 9.18 Å². The molecular formula is C15H10Cl2FNO. The van der Waals surface area contributed by atoms with Crippen LogP contribution >= 0.6 is 23.2 Å². The van der Waals surface area contributed by atoms with Crippen LogP contribution in [-0.4, -0.2) is 5.91 Å². The second-order valence-electron chi connectivity index (χ2n) is 3.98. The summed E-state index contributed by atoms with van der Waals surface area (Å²) in [5, 5.41) is 3.30. The molecule has 0 heterocycles. The first kappa shape index (κ1) is 14.6. The first-order valence-electron chi connectivity index (χ1n) is 5.75. The lowest BCUT2D eigenvalue weighted by Gasteiger charge is -2.03. The number of benzene rings is 2. The van der Waals surface area contributed by atoms with Gasteiger partial charge in [-0.2, -0.15) is 0 Å². The lowest BCUT2D eigenvalue weighted by Crippen LogP contribution is -2.08. The van der Waals surface area contributed by atoms with Gasteiger partial charge in [0.25, 0.3) is 0 Å². The van der Waals surface area contributed by atoms with Crippen molar-refractivity contribution in [3.63, 3.8) is 0 Å². The van der Waals surface area contributed by atoms with E-state index in [1.54, 1.807) is 36.4 Å². The number of carbonyl (C=O) groups excluding carboxylic acids is 1.